The minimum absolute atomic E-state index is 0.0531. The summed E-state index contributed by atoms with van der Waals surface area (Å²) in [6.07, 6.45) is -1.43. The van der Waals surface area contributed by atoms with E-state index in [2.05, 4.69) is 5.10 Å². The number of alkyl halides is 3. The maximum absolute atomic E-state index is 13.7. The van der Waals surface area contributed by atoms with Crippen LogP contribution in [0.4, 0.5) is 13.2 Å². The molecule has 4 heterocycles. The summed E-state index contributed by atoms with van der Waals surface area (Å²) >= 11 is 0. The predicted octanol–water partition coefficient (Wildman–Crippen LogP) is 4.45. The van der Waals surface area contributed by atoms with Gasteiger partial charge in [-0.15, -0.1) is 0 Å². The molecule has 1 amide bonds. The summed E-state index contributed by atoms with van der Waals surface area (Å²) in [5, 5.41) is 8.40. The number of halogens is 3. The molecule has 2 aliphatic heterocycles. The second-order valence-corrected chi connectivity index (χ2v) is 9.02. The number of hydrogen-bond acceptors (Lipinski definition) is 4. The average molecular weight is 473 g/mol. The Balaban J connectivity index is 1.58. The standard InChI is InChI=1S/C24H26F3N5O2/c1-13-15(8-6-10-19(13)34-4)23(33)32-14-7-5-9-17(32)21-16(11-14)22(31(3)29-21)18-12-20(24(25,26)27)28-30(18)2/h6,8,10,12,14,17H,5,7,9,11H2,1-4H3/t14-,17+/m0/s1. The Morgan fingerprint density at radius 3 is 2.59 bits per heavy atom. The molecule has 2 aliphatic rings. The highest BCUT2D eigenvalue weighted by Gasteiger charge is 2.44. The van der Waals surface area contributed by atoms with Crippen LogP contribution in [0.1, 0.15) is 58.2 Å². The van der Waals surface area contributed by atoms with Gasteiger partial charge in [-0.25, -0.2) is 0 Å². The summed E-state index contributed by atoms with van der Waals surface area (Å²) in [6, 6.07) is 6.24. The molecular formula is C24H26F3N5O2. The fourth-order valence-corrected chi connectivity index (χ4v) is 5.50. The Kier molecular flexibility index (Phi) is 5.22. The summed E-state index contributed by atoms with van der Waals surface area (Å²) in [5.74, 6) is 0.592. The number of aryl methyl sites for hydroxylation is 2. The van der Waals surface area contributed by atoms with Gasteiger partial charge >= 0.3 is 6.18 Å². The van der Waals surface area contributed by atoms with Crippen LogP contribution in [0.25, 0.3) is 11.4 Å². The number of aromatic nitrogens is 4. The SMILES string of the molecule is COc1cccc(C(=O)N2[C@H]3CCC[C@@H]2c2nn(C)c(-c4cc(C(F)(F)F)nn4C)c2C3)c1C. The van der Waals surface area contributed by atoms with E-state index in [1.54, 1.807) is 18.8 Å². The van der Waals surface area contributed by atoms with Gasteiger partial charge in [0.05, 0.1) is 30.2 Å². The number of carbonyl (C=O) groups excluding carboxylic acids is 1. The Hall–Kier alpha value is -3.30. The molecule has 2 bridgehead atoms. The van der Waals surface area contributed by atoms with Gasteiger partial charge in [0.25, 0.3) is 5.91 Å². The van der Waals surface area contributed by atoms with E-state index >= 15 is 0 Å². The van der Waals surface area contributed by atoms with Crippen LogP contribution >= 0.6 is 0 Å². The van der Waals surface area contributed by atoms with Gasteiger partial charge in [0.1, 0.15) is 5.75 Å². The van der Waals surface area contributed by atoms with Crippen molar-refractivity contribution in [1.82, 2.24) is 24.5 Å². The second kappa shape index (κ2) is 7.89. The maximum atomic E-state index is 13.7. The Morgan fingerprint density at radius 2 is 1.91 bits per heavy atom. The molecule has 1 aromatic carbocycles. The Labute approximate surface area is 195 Å². The van der Waals surface area contributed by atoms with Crippen molar-refractivity contribution in [1.29, 1.82) is 0 Å². The van der Waals surface area contributed by atoms with E-state index in [0.29, 0.717) is 29.1 Å². The highest BCUT2D eigenvalue weighted by Crippen LogP contribution is 2.45. The van der Waals surface area contributed by atoms with Crippen molar-refractivity contribution in [3.05, 3.63) is 52.3 Å². The average Bonchev–Trinajstić information content (AvgIpc) is 3.32. The van der Waals surface area contributed by atoms with E-state index < -0.39 is 11.9 Å². The molecule has 2 aromatic heterocycles. The number of hydrogen-bond donors (Lipinski definition) is 0. The molecular weight excluding hydrogens is 447 g/mol. The first-order valence-corrected chi connectivity index (χ1v) is 11.3. The van der Waals surface area contributed by atoms with Gasteiger partial charge in [0, 0.05) is 36.8 Å². The number of methoxy groups -OCH3 is 1. The van der Waals surface area contributed by atoms with E-state index in [4.69, 9.17) is 9.84 Å². The third-order valence-corrected chi connectivity index (χ3v) is 7.06. The number of fused-ring (bicyclic) bond motifs is 4. The van der Waals surface area contributed by atoms with Crippen molar-refractivity contribution in [2.24, 2.45) is 14.1 Å². The van der Waals surface area contributed by atoms with E-state index in [9.17, 15) is 18.0 Å². The highest BCUT2D eigenvalue weighted by atomic mass is 19.4. The molecule has 0 N–H and O–H groups in total. The van der Waals surface area contributed by atoms with Crippen molar-refractivity contribution >= 4 is 5.91 Å². The molecule has 3 aromatic rings. The van der Waals surface area contributed by atoms with Crippen molar-refractivity contribution in [2.75, 3.05) is 7.11 Å². The normalized spacial score (nSPS) is 19.8. The smallest absolute Gasteiger partial charge is 0.435 e. The van der Waals surface area contributed by atoms with Gasteiger partial charge in [-0.1, -0.05) is 6.07 Å². The zero-order chi connectivity index (χ0) is 24.4. The zero-order valence-corrected chi connectivity index (χ0v) is 19.5. The van der Waals surface area contributed by atoms with Crippen LogP contribution in [0, 0.1) is 6.92 Å². The monoisotopic (exact) mass is 473 g/mol. The first-order valence-electron chi connectivity index (χ1n) is 11.3. The minimum Gasteiger partial charge on any atom is -0.496 e. The van der Waals surface area contributed by atoms with E-state index in [-0.39, 0.29) is 18.0 Å². The molecule has 0 saturated carbocycles. The number of piperidine rings is 1. The Morgan fingerprint density at radius 1 is 1.15 bits per heavy atom. The van der Waals surface area contributed by atoms with Crippen LogP contribution in [0.5, 0.6) is 5.75 Å². The molecule has 1 saturated heterocycles. The first kappa shape index (κ1) is 22.5. The highest BCUT2D eigenvalue weighted by molar-refractivity contribution is 5.97. The van der Waals surface area contributed by atoms with E-state index in [1.807, 2.05) is 30.0 Å². The summed E-state index contributed by atoms with van der Waals surface area (Å²) in [6.45, 7) is 1.87. The van der Waals surface area contributed by atoms with E-state index in [1.165, 1.54) is 11.7 Å². The fourth-order valence-electron chi connectivity index (χ4n) is 5.50. The first-order chi connectivity index (χ1) is 16.1. The zero-order valence-electron chi connectivity index (χ0n) is 19.5. The summed E-state index contributed by atoms with van der Waals surface area (Å²) in [5.41, 5.74) is 3.11. The molecule has 0 radical (unpaired) electrons. The van der Waals surface area contributed by atoms with Crippen LogP contribution in [-0.2, 0) is 26.7 Å². The lowest BCUT2D eigenvalue weighted by atomic mass is 9.81. The number of rotatable bonds is 3. The fraction of sp³-hybridized carbons (Fsp3) is 0.458. The molecule has 5 rings (SSSR count). The number of benzene rings is 1. The van der Waals surface area contributed by atoms with Gasteiger partial charge in [-0.2, -0.15) is 23.4 Å². The Bertz CT molecular complexity index is 1280. The van der Waals surface area contributed by atoms with Gasteiger partial charge in [-0.3, -0.25) is 14.2 Å². The van der Waals surface area contributed by atoms with Crippen molar-refractivity contribution in [3.63, 3.8) is 0 Å². The third-order valence-electron chi connectivity index (χ3n) is 7.06. The number of carbonyl (C=O) groups is 1. The van der Waals surface area contributed by atoms with Crippen molar-refractivity contribution in [2.45, 2.75) is 50.9 Å². The minimum atomic E-state index is -4.52. The van der Waals surface area contributed by atoms with Crippen LogP contribution in [0.15, 0.2) is 24.3 Å². The number of nitrogens with zero attached hydrogens (tertiary/aromatic N) is 5. The number of ether oxygens (including phenoxy) is 1. The summed E-state index contributed by atoms with van der Waals surface area (Å²) in [7, 11) is 4.82. The molecule has 1 fully saturated rings. The molecule has 0 aliphatic carbocycles. The van der Waals surface area contributed by atoms with Crippen LogP contribution in [-0.4, -0.2) is 43.5 Å². The van der Waals surface area contributed by atoms with Crippen molar-refractivity contribution in [3.8, 4) is 17.1 Å². The lowest BCUT2D eigenvalue weighted by molar-refractivity contribution is -0.141. The largest absolute Gasteiger partial charge is 0.496 e. The number of amides is 1. The van der Waals surface area contributed by atoms with Crippen molar-refractivity contribution < 1.29 is 22.7 Å². The van der Waals surface area contributed by atoms with Gasteiger partial charge in [0.15, 0.2) is 5.69 Å². The maximum Gasteiger partial charge on any atom is 0.435 e. The summed E-state index contributed by atoms with van der Waals surface area (Å²) < 4.78 is 48.1. The molecule has 10 heteroatoms. The van der Waals surface area contributed by atoms with Gasteiger partial charge in [-0.05, 0) is 50.8 Å². The van der Waals surface area contributed by atoms with Gasteiger partial charge < -0.3 is 9.64 Å². The molecule has 0 unspecified atom stereocenters. The molecule has 7 nitrogen and oxygen atoms in total. The summed E-state index contributed by atoms with van der Waals surface area (Å²) in [4.78, 5) is 15.7. The second-order valence-electron chi connectivity index (χ2n) is 9.02. The van der Waals surface area contributed by atoms with Crippen LogP contribution in [0.3, 0.4) is 0 Å². The van der Waals surface area contributed by atoms with Gasteiger partial charge in [0.2, 0.25) is 0 Å². The molecule has 180 valence electrons. The third kappa shape index (κ3) is 3.38. The van der Waals surface area contributed by atoms with Crippen LogP contribution < -0.4 is 4.74 Å². The molecule has 0 spiro atoms. The quantitative estimate of drug-likeness (QED) is 0.564. The predicted molar refractivity (Wildman–Crippen MR) is 118 cm³/mol. The van der Waals surface area contributed by atoms with Crippen LogP contribution in [0.2, 0.25) is 0 Å². The molecule has 2 atom stereocenters. The lowest BCUT2D eigenvalue weighted by Crippen LogP contribution is -2.50. The molecule has 34 heavy (non-hydrogen) atoms. The van der Waals surface area contributed by atoms with E-state index in [0.717, 1.165) is 42.1 Å². The lowest BCUT2D eigenvalue weighted by Gasteiger charge is -2.45. The topological polar surface area (TPSA) is 65.2 Å².